The summed E-state index contributed by atoms with van der Waals surface area (Å²) < 4.78 is 6.42. The summed E-state index contributed by atoms with van der Waals surface area (Å²) in [7, 11) is 3.92. The average Bonchev–Trinajstić information content (AvgIpc) is 2.89. The maximum absolute atomic E-state index is 10.9. The number of azo groups is 1. The molecule has 184 valence electrons. The Kier molecular flexibility index (Phi) is 7.44. The number of nitro groups is 1. The molecule has 4 rings (SSSR count). The molecule has 0 fully saturated rings. The number of rotatable bonds is 9. The fourth-order valence-electron chi connectivity index (χ4n) is 3.93. The zero-order chi connectivity index (χ0) is 25.7. The molecular weight excluding hydrogens is 454 g/mol. The van der Waals surface area contributed by atoms with Crippen LogP contribution in [0.25, 0.3) is 10.8 Å². The second kappa shape index (κ2) is 10.9. The molecule has 0 saturated heterocycles. The summed E-state index contributed by atoms with van der Waals surface area (Å²) in [6.45, 7) is 6.19. The Balaban J connectivity index is 1.70. The molecule has 36 heavy (non-hydrogen) atoms. The van der Waals surface area contributed by atoms with E-state index in [1.165, 1.54) is 17.8 Å². The van der Waals surface area contributed by atoms with Crippen LogP contribution in [0.2, 0.25) is 0 Å². The van der Waals surface area contributed by atoms with E-state index in [0.717, 1.165) is 35.3 Å². The van der Waals surface area contributed by atoms with Crippen molar-refractivity contribution in [1.82, 2.24) is 0 Å². The van der Waals surface area contributed by atoms with Gasteiger partial charge in [-0.3, -0.25) is 10.1 Å². The maximum Gasteiger partial charge on any atom is 0.269 e. The van der Waals surface area contributed by atoms with Crippen molar-refractivity contribution in [2.75, 3.05) is 37.0 Å². The smallest absolute Gasteiger partial charge is 0.269 e. The molecule has 0 unspecified atom stereocenters. The lowest BCUT2D eigenvalue weighted by Crippen LogP contribution is -2.21. The van der Waals surface area contributed by atoms with Gasteiger partial charge in [-0.1, -0.05) is 12.1 Å². The van der Waals surface area contributed by atoms with E-state index in [9.17, 15) is 10.1 Å². The fraction of sp³-hybridized carbons (Fsp3) is 0.214. The van der Waals surface area contributed by atoms with Crippen molar-refractivity contribution in [3.05, 3.63) is 89.0 Å². The highest BCUT2D eigenvalue weighted by Gasteiger charge is 2.12. The fourth-order valence-corrected chi connectivity index (χ4v) is 3.93. The number of nitrogens with zero attached hydrogens (tertiary/aromatic N) is 5. The summed E-state index contributed by atoms with van der Waals surface area (Å²) in [5.74, 6) is 1.29. The summed E-state index contributed by atoms with van der Waals surface area (Å²) >= 11 is 0. The first-order valence-electron chi connectivity index (χ1n) is 11.8. The lowest BCUT2D eigenvalue weighted by Gasteiger charge is -2.21. The molecule has 0 heterocycles. The van der Waals surface area contributed by atoms with Crippen molar-refractivity contribution in [1.29, 1.82) is 0 Å². The molecule has 0 saturated carbocycles. The predicted molar refractivity (Wildman–Crippen MR) is 146 cm³/mol. The van der Waals surface area contributed by atoms with E-state index in [0.29, 0.717) is 17.1 Å². The Morgan fingerprint density at radius 3 is 2.22 bits per heavy atom. The van der Waals surface area contributed by atoms with Crippen molar-refractivity contribution in [2.45, 2.75) is 13.8 Å². The lowest BCUT2D eigenvalue weighted by molar-refractivity contribution is -0.384. The van der Waals surface area contributed by atoms with Gasteiger partial charge in [0.2, 0.25) is 0 Å². The number of hydrogen-bond donors (Lipinski definition) is 0. The molecule has 0 spiro atoms. The van der Waals surface area contributed by atoms with Crippen LogP contribution in [-0.2, 0) is 0 Å². The van der Waals surface area contributed by atoms with Crippen LogP contribution in [0.4, 0.5) is 28.4 Å². The second-order valence-corrected chi connectivity index (χ2v) is 8.46. The summed E-state index contributed by atoms with van der Waals surface area (Å²) in [4.78, 5) is 14.8. The zero-order valence-electron chi connectivity index (χ0n) is 20.9. The topological polar surface area (TPSA) is 83.6 Å². The minimum absolute atomic E-state index is 0.00779. The molecule has 0 radical (unpaired) electrons. The molecule has 0 N–H and O–H groups in total. The Morgan fingerprint density at radius 1 is 0.833 bits per heavy atom. The van der Waals surface area contributed by atoms with Crippen LogP contribution in [0.5, 0.6) is 11.5 Å². The summed E-state index contributed by atoms with van der Waals surface area (Å²) in [5.41, 5.74) is 3.21. The van der Waals surface area contributed by atoms with Crippen molar-refractivity contribution in [2.24, 2.45) is 10.2 Å². The molecule has 0 aliphatic carbocycles. The van der Waals surface area contributed by atoms with Crippen LogP contribution < -0.4 is 14.5 Å². The molecule has 0 amide bonds. The van der Waals surface area contributed by atoms with Gasteiger partial charge in [-0.25, -0.2) is 0 Å². The quantitative estimate of drug-likeness (QED) is 0.137. The van der Waals surface area contributed by atoms with Gasteiger partial charge in [-0.2, -0.15) is 5.11 Å². The van der Waals surface area contributed by atoms with Crippen LogP contribution in [0.3, 0.4) is 0 Å². The Bertz CT molecular complexity index is 1400. The van der Waals surface area contributed by atoms with Gasteiger partial charge in [0.25, 0.3) is 5.69 Å². The molecule has 0 bridgehead atoms. The third-order valence-corrected chi connectivity index (χ3v) is 5.97. The molecular formula is C28H29N5O3. The van der Waals surface area contributed by atoms with E-state index in [4.69, 9.17) is 4.74 Å². The number of nitro benzene ring substituents is 1. The molecule has 0 aromatic heterocycles. The van der Waals surface area contributed by atoms with Gasteiger partial charge in [0, 0.05) is 62.1 Å². The highest BCUT2D eigenvalue weighted by Crippen LogP contribution is 2.39. The molecule has 0 atom stereocenters. The van der Waals surface area contributed by atoms with Gasteiger partial charge in [-0.05, 0) is 67.8 Å². The zero-order valence-corrected chi connectivity index (χ0v) is 20.9. The number of hydrogen-bond acceptors (Lipinski definition) is 7. The largest absolute Gasteiger partial charge is 0.454 e. The van der Waals surface area contributed by atoms with Crippen LogP contribution >= 0.6 is 0 Å². The maximum atomic E-state index is 10.9. The normalized spacial score (nSPS) is 11.1. The van der Waals surface area contributed by atoms with Gasteiger partial charge in [-0.15, -0.1) is 5.11 Å². The molecule has 4 aromatic rings. The van der Waals surface area contributed by atoms with Crippen LogP contribution in [0, 0.1) is 10.1 Å². The SMILES string of the molecule is CCN(CC)c1ccc2c(Oc3cc(N(C)C)ccc3N=Nc3ccc([N+](=O)[O-])cc3)cccc2c1. The number of anilines is 2. The Hall–Kier alpha value is -4.46. The summed E-state index contributed by atoms with van der Waals surface area (Å²) in [5, 5.41) is 21.7. The highest BCUT2D eigenvalue weighted by molar-refractivity contribution is 5.91. The van der Waals surface area contributed by atoms with E-state index in [-0.39, 0.29) is 5.69 Å². The first kappa shape index (κ1) is 24.7. The van der Waals surface area contributed by atoms with Crippen molar-refractivity contribution in [3.8, 4) is 11.5 Å². The minimum atomic E-state index is -0.442. The van der Waals surface area contributed by atoms with Crippen LogP contribution in [0.15, 0.2) is 89.1 Å². The first-order valence-corrected chi connectivity index (χ1v) is 11.8. The van der Waals surface area contributed by atoms with E-state index in [1.807, 2.05) is 49.3 Å². The predicted octanol–water partition coefficient (Wildman–Crippen LogP) is 7.87. The average molecular weight is 484 g/mol. The molecule has 8 heteroatoms. The van der Waals surface area contributed by atoms with Gasteiger partial charge >= 0.3 is 0 Å². The number of fused-ring (bicyclic) bond motifs is 1. The van der Waals surface area contributed by atoms with E-state index < -0.39 is 4.92 Å². The van der Waals surface area contributed by atoms with Crippen molar-refractivity contribution in [3.63, 3.8) is 0 Å². The third-order valence-electron chi connectivity index (χ3n) is 5.97. The number of benzene rings is 4. The standard InChI is InChI=1S/C28H29N5O3/c1-5-32(6-2)24-14-16-25-20(18-24)8-7-9-27(25)36-28-19-23(31(3)4)15-17-26(28)30-29-21-10-12-22(13-11-21)33(34)35/h7-19H,5-6H2,1-4H3. The highest BCUT2D eigenvalue weighted by atomic mass is 16.6. The van der Waals surface area contributed by atoms with E-state index in [1.54, 1.807) is 12.1 Å². The molecule has 0 aliphatic rings. The number of ether oxygens (including phenoxy) is 1. The van der Waals surface area contributed by atoms with E-state index >= 15 is 0 Å². The molecule has 8 nitrogen and oxygen atoms in total. The first-order chi connectivity index (χ1) is 17.4. The van der Waals surface area contributed by atoms with Crippen molar-refractivity contribution >= 4 is 39.2 Å². The summed E-state index contributed by atoms with van der Waals surface area (Å²) in [6, 6.07) is 24.1. The Labute approximate surface area is 210 Å². The number of non-ortho nitro benzene ring substituents is 1. The van der Waals surface area contributed by atoms with Crippen molar-refractivity contribution < 1.29 is 9.66 Å². The van der Waals surface area contributed by atoms with Crippen LogP contribution in [-0.4, -0.2) is 32.1 Å². The van der Waals surface area contributed by atoms with Gasteiger partial charge in [0.15, 0.2) is 5.75 Å². The molecule has 0 aliphatic heterocycles. The monoisotopic (exact) mass is 483 g/mol. The van der Waals surface area contributed by atoms with Gasteiger partial charge < -0.3 is 14.5 Å². The second-order valence-electron chi connectivity index (χ2n) is 8.46. The lowest BCUT2D eigenvalue weighted by atomic mass is 10.1. The van der Waals surface area contributed by atoms with Crippen LogP contribution in [0.1, 0.15) is 13.8 Å². The van der Waals surface area contributed by atoms with Gasteiger partial charge in [0.05, 0.1) is 10.6 Å². The molecule has 4 aromatic carbocycles. The summed E-state index contributed by atoms with van der Waals surface area (Å²) in [6.07, 6.45) is 0. The van der Waals surface area contributed by atoms with Gasteiger partial charge in [0.1, 0.15) is 11.4 Å². The minimum Gasteiger partial charge on any atom is -0.454 e. The Morgan fingerprint density at radius 2 is 1.56 bits per heavy atom. The van der Waals surface area contributed by atoms with E-state index in [2.05, 4.69) is 53.2 Å². The third kappa shape index (κ3) is 5.43.